The second-order valence-corrected chi connectivity index (χ2v) is 8.00. The molecule has 6 rings (SSSR count). The number of rotatable bonds is 2. The molecule has 1 saturated carbocycles. The van der Waals surface area contributed by atoms with Crippen molar-refractivity contribution in [1.29, 1.82) is 0 Å². The molecule has 7 nitrogen and oxygen atoms in total. The number of aryl methyl sites for hydroxylation is 1. The first-order chi connectivity index (χ1) is 14.4. The van der Waals surface area contributed by atoms with Crippen molar-refractivity contribution in [2.75, 3.05) is 13.1 Å². The van der Waals surface area contributed by atoms with E-state index in [0.717, 1.165) is 10.9 Å². The zero-order valence-corrected chi connectivity index (χ0v) is 16.0. The fraction of sp³-hybridized carbons (Fsp3) is 0.286. The predicted molar refractivity (Wildman–Crippen MR) is 105 cm³/mol. The van der Waals surface area contributed by atoms with Gasteiger partial charge in [-0.1, -0.05) is 0 Å². The lowest BCUT2D eigenvalue weighted by Gasteiger charge is -2.20. The molecule has 30 heavy (non-hydrogen) atoms. The number of halogens is 2. The van der Waals surface area contributed by atoms with Crippen molar-refractivity contribution < 1.29 is 13.6 Å². The molecule has 1 saturated heterocycles. The van der Waals surface area contributed by atoms with Crippen molar-refractivity contribution in [3.8, 4) is 11.3 Å². The van der Waals surface area contributed by atoms with Crippen LogP contribution in [0.15, 0.2) is 42.9 Å². The van der Waals surface area contributed by atoms with Gasteiger partial charge in [-0.15, -0.1) is 0 Å². The fourth-order valence-electron chi connectivity index (χ4n) is 4.31. The summed E-state index contributed by atoms with van der Waals surface area (Å²) in [5.41, 5.74) is 3.73. The molecule has 1 aliphatic heterocycles. The summed E-state index contributed by atoms with van der Waals surface area (Å²) in [5.74, 6) is -4.24. The maximum Gasteiger partial charge on any atom is 0.258 e. The van der Waals surface area contributed by atoms with Gasteiger partial charge in [-0.3, -0.25) is 14.5 Å². The summed E-state index contributed by atoms with van der Waals surface area (Å²) in [4.78, 5) is 27.7. The number of carbonyl (C=O) groups is 1. The lowest BCUT2D eigenvalue weighted by molar-refractivity contribution is 0.0459. The van der Waals surface area contributed by atoms with Gasteiger partial charge in [-0.05, 0) is 24.3 Å². The van der Waals surface area contributed by atoms with Crippen LogP contribution in [0.1, 0.15) is 10.4 Å². The van der Waals surface area contributed by atoms with E-state index >= 15 is 0 Å². The zero-order valence-electron chi connectivity index (χ0n) is 16.0. The Bertz CT molecular complexity index is 1340. The Balaban J connectivity index is 1.33. The number of nitrogens with zero attached hydrogens (tertiary/aromatic N) is 6. The lowest BCUT2D eigenvalue weighted by Crippen LogP contribution is -2.33. The van der Waals surface area contributed by atoms with E-state index in [1.807, 2.05) is 19.3 Å². The van der Waals surface area contributed by atoms with Gasteiger partial charge in [0.15, 0.2) is 5.65 Å². The quantitative estimate of drug-likeness (QED) is 0.512. The predicted octanol–water partition coefficient (Wildman–Crippen LogP) is 2.92. The van der Waals surface area contributed by atoms with Gasteiger partial charge in [-0.25, -0.2) is 18.7 Å². The van der Waals surface area contributed by atoms with Crippen LogP contribution in [0.5, 0.6) is 0 Å². The number of likely N-dealkylation sites (tertiary alicyclic amines) is 1. The van der Waals surface area contributed by atoms with Crippen molar-refractivity contribution >= 4 is 28.0 Å². The van der Waals surface area contributed by atoms with Crippen molar-refractivity contribution in [3.05, 3.63) is 48.4 Å². The first kappa shape index (κ1) is 17.4. The molecule has 1 amide bonds. The Morgan fingerprint density at radius 1 is 1.10 bits per heavy atom. The molecule has 2 aliphatic rings. The maximum absolute atomic E-state index is 13.4. The van der Waals surface area contributed by atoms with Crippen molar-refractivity contribution in [1.82, 2.24) is 29.6 Å². The average Bonchev–Trinajstić information content (AvgIpc) is 3.14. The lowest BCUT2D eigenvalue weighted by atomic mass is 10.1. The van der Waals surface area contributed by atoms with E-state index in [0.29, 0.717) is 27.9 Å². The normalized spacial score (nSPS) is 21.9. The molecule has 0 unspecified atom stereocenters. The van der Waals surface area contributed by atoms with Gasteiger partial charge in [0.1, 0.15) is 0 Å². The van der Waals surface area contributed by atoms with E-state index in [1.54, 1.807) is 35.3 Å². The Labute approximate surface area is 169 Å². The molecule has 0 N–H and O–H groups in total. The highest BCUT2D eigenvalue weighted by molar-refractivity contribution is 5.97. The summed E-state index contributed by atoms with van der Waals surface area (Å²) < 4.78 is 28.6. The summed E-state index contributed by atoms with van der Waals surface area (Å²) in [6.45, 7) is 0.216. The molecule has 2 fully saturated rings. The third-order valence-corrected chi connectivity index (χ3v) is 6.05. The van der Waals surface area contributed by atoms with Gasteiger partial charge in [-0.2, -0.15) is 5.10 Å². The van der Waals surface area contributed by atoms with E-state index in [4.69, 9.17) is 0 Å². The van der Waals surface area contributed by atoms with Gasteiger partial charge in [0.05, 0.1) is 34.8 Å². The molecule has 150 valence electrons. The van der Waals surface area contributed by atoms with Crippen LogP contribution in [-0.4, -0.2) is 54.6 Å². The summed E-state index contributed by atoms with van der Waals surface area (Å²) in [6, 6.07) is 7.01. The minimum atomic E-state index is -2.61. The molecule has 3 aromatic heterocycles. The number of amides is 1. The fourth-order valence-corrected chi connectivity index (χ4v) is 4.31. The molecule has 4 heterocycles. The third-order valence-electron chi connectivity index (χ3n) is 6.05. The third kappa shape index (κ3) is 2.51. The number of aromatic nitrogens is 5. The van der Waals surface area contributed by atoms with Gasteiger partial charge < -0.3 is 4.90 Å². The van der Waals surface area contributed by atoms with Gasteiger partial charge >= 0.3 is 0 Å². The Morgan fingerprint density at radius 2 is 1.90 bits per heavy atom. The van der Waals surface area contributed by atoms with Crippen LogP contribution in [0, 0.1) is 11.8 Å². The monoisotopic (exact) mass is 406 g/mol. The van der Waals surface area contributed by atoms with Crippen LogP contribution < -0.4 is 0 Å². The Kier molecular flexibility index (Phi) is 3.35. The largest absolute Gasteiger partial charge is 0.338 e. The minimum absolute atomic E-state index is 0.108. The number of fused-ring (bicyclic) bond motifs is 3. The van der Waals surface area contributed by atoms with E-state index in [9.17, 15) is 13.6 Å². The highest BCUT2D eigenvalue weighted by Crippen LogP contribution is 2.59. The molecule has 1 aromatic carbocycles. The zero-order chi connectivity index (χ0) is 20.6. The molecule has 1 aliphatic carbocycles. The maximum atomic E-state index is 13.4. The molecular weight excluding hydrogens is 390 g/mol. The summed E-state index contributed by atoms with van der Waals surface area (Å²) >= 11 is 0. The number of alkyl halides is 2. The topological polar surface area (TPSA) is 76.8 Å². The minimum Gasteiger partial charge on any atom is -0.338 e. The van der Waals surface area contributed by atoms with Gasteiger partial charge in [0.25, 0.3) is 11.8 Å². The molecular formula is C21H16F2N6O. The van der Waals surface area contributed by atoms with E-state index in [-0.39, 0.29) is 19.0 Å². The van der Waals surface area contributed by atoms with Crippen LogP contribution in [0.2, 0.25) is 0 Å². The van der Waals surface area contributed by atoms with E-state index in [1.165, 1.54) is 4.90 Å². The number of pyridine rings is 1. The van der Waals surface area contributed by atoms with Crippen LogP contribution in [-0.2, 0) is 7.05 Å². The van der Waals surface area contributed by atoms with E-state index < -0.39 is 17.8 Å². The molecule has 0 bridgehead atoms. The number of hydrogen-bond acceptors (Lipinski definition) is 5. The second-order valence-electron chi connectivity index (χ2n) is 8.00. The highest BCUT2D eigenvalue weighted by atomic mass is 19.3. The van der Waals surface area contributed by atoms with Crippen LogP contribution in [0.3, 0.4) is 0 Å². The summed E-state index contributed by atoms with van der Waals surface area (Å²) in [7, 11) is 1.83. The molecule has 4 aromatic rings. The molecule has 0 spiro atoms. The Morgan fingerprint density at radius 3 is 2.70 bits per heavy atom. The van der Waals surface area contributed by atoms with Crippen LogP contribution in [0.4, 0.5) is 8.78 Å². The highest BCUT2D eigenvalue weighted by Gasteiger charge is 2.72. The SMILES string of the molecule is Cn1cc2cc(-c3cnc4ccc(C(=O)N5C[C@@H]6[C@H](C5)C6(F)F)cc4n3)cnc2n1. The van der Waals surface area contributed by atoms with Crippen molar-refractivity contribution in [2.45, 2.75) is 5.92 Å². The van der Waals surface area contributed by atoms with Gasteiger partial charge in [0, 0.05) is 49.0 Å². The molecule has 2 atom stereocenters. The van der Waals surface area contributed by atoms with Crippen molar-refractivity contribution in [3.63, 3.8) is 0 Å². The number of benzene rings is 1. The summed E-state index contributed by atoms with van der Waals surface area (Å²) in [5, 5.41) is 5.16. The first-order valence-corrected chi connectivity index (χ1v) is 9.64. The molecule has 0 radical (unpaired) electrons. The Hall–Kier alpha value is -3.49. The van der Waals surface area contributed by atoms with Gasteiger partial charge in [0.2, 0.25) is 0 Å². The van der Waals surface area contributed by atoms with Crippen LogP contribution in [0.25, 0.3) is 33.3 Å². The molecule has 9 heteroatoms. The van der Waals surface area contributed by atoms with E-state index in [2.05, 4.69) is 20.1 Å². The smallest absolute Gasteiger partial charge is 0.258 e. The summed E-state index contributed by atoms with van der Waals surface area (Å²) in [6.07, 6.45) is 5.23. The van der Waals surface area contributed by atoms with Crippen LogP contribution >= 0.6 is 0 Å². The number of hydrogen-bond donors (Lipinski definition) is 0. The number of piperidine rings is 1. The second kappa shape index (κ2) is 5.78. The standard InChI is InChI=1S/C21H16F2N6O/c1-28-8-13-4-12(6-25-19(13)27-28)18-7-24-16-3-2-11(5-17(16)26-18)20(30)29-9-14-15(10-29)21(14,22)23/h2-8,14-15H,9-10H2,1H3/t14-,15+. The van der Waals surface area contributed by atoms with Crippen molar-refractivity contribution in [2.24, 2.45) is 18.9 Å². The number of carbonyl (C=O) groups excluding carboxylic acids is 1. The average molecular weight is 406 g/mol. The first-order valence-electron chi connectivity index (χ1n) is 9.64.